The van der Waals surface area contributed by atoms with E-state index in [1.165, 1.54) is 19.2 Å². The quantitative estimate of drug-likeness (QED) is 0.805. The Balaban J connectivity index is 2.28. The molecule has 6 nitrogen and oxygen atoms in total. The third-order valence-corrected chi connectivity index (χ3v) is 4.30. The van der Waals surface area contributed by atoms with Gasteiger partial charge in [-0.15, -0.1) is 0 Å². The number of nitrogens with zero attached hydrogens (tertiary/aromatic N) is 1. The minimum Gasteiger partial charge on any atom is -0.493 e. The van der Waals surface area contributed by atoms with Crippen LogP contribution < -0.4 is 15.2 Å². The fraction of sp³-hybridized carbons (Fsp3) is 0.263. The monoisotopic (exact) mass is 376 g/mol. The summed E-state index contributed by atoms with van der Waals surface area (Å²) in [7, 11) is 3.14. The van der Waals surface area contributed by atoms with Crippen LogP contribution >= 0.6 is 11.6 Å². The molecule has 2 N–H and O–H groups in total. The summed E-state index contributed by atoms with van der Waals surface area (Å²) in [5.41, 5.74) is 6.45. The molecule has 2 aromatic carbocycles. The average molecular weight is 377 g/mol. The molecule has 0 aliphatic rings. The van der Waals surface area contributed by atoms with Gasteiger partial charge in [-0.25, -0.2) is 0 Å². The molecule has 2 aromatic rings. The predicted octanol–water partition coefficient (Wildman–Crippen LogP) is 3.05. The summed E-state index contributed by atoms with van der Waals surface area (Å²) in [4.78, 5) is 25.4. The predicted molar refractivity (Wildman–Crippen MR) is 99.6 cm³/mol. The van der Waals surface area contributed by atoms with E-state index in [9.17, 15) is 9.59 Å². The Kier molecular flexibility index (Phi) is 6.46. The third kappa shape index (κ3) is 4.46. The maximum atomic E-state index is 12.9. The number of rotatable bonds is 7. The van der Waals surface area contributed by atoms with E-state index in [4.69, 9.17) is 26.8 Å². The number of amides is 2. The molecule has 0 bridgehead atoms. The molecule has 2 amide bonds. The van der Waals surface area contributed by atoms with Crippen molar-refractivity contribution in [3.8, 4) is 11.5 Å². The van der Waals surface area contributed by atoms with Gasteiger partial charge in [0.1, 0.15) is 0 Å². The Hall–Kier alpha value is -2.73. The second kappa shape index (κ2) is 8.58. The van der Waals surface area contributed by atoms with Crippen LogP contribution in [-0.4, -0.2) is 37.5 Å². The van der Waals surface area contributed by atoms with Crippen molar-refractivity contribution in [3.63, 3.8) is 0 Å². The Bertz CT molecular complexity index is 796. The van der Waals surface area contributed by atoms with Crippen LogP contribution in [0, 0.1) is 0 Å². The lowest BCUT2D eigenvalue weighted by Gasteiger charge is -2.26. The Morgan fingerprint density at radius 3 is 2.46 bits per heavy atom. The Morgan fingerprint density at radius 1 is 1.23 bits per heavy atom. The summed E-state index contributed by atoms with van der Waals surface area (Å²) < 4.78 is 10.5. The topological polar surface area (TPSA) is 81.9 Å². The molecule has 2 rings (SSSR count). The van der Waals surface area contributed by atoms with Gasteiger partial charge < -0.3 is 20.1 Å². The maximum Gasteiger partial charge on any atom is 0.255 e. The number of benzene rings is 2. The van der Waals surface area contributed by atoms with E-state index in [1.54, 1.807) is 11.9 Å². The maximum absolute atomic E-state index is 12.9. The number of carbonyl (C=O) groups is 2. The van der Waals surface area contributed by atoms with Gasteiger partial charge in [0.05, 0.1) is 18.2 Å². The molecule has 7 heteroatoms. The van der Waals surface area contributed by atoms with Gasteiger partial charge in [-0.1, -0.05) is 41.9 Å². The second-order valence-corrected chi connectivity index (χ2v) is 6.15. The van der Waals surface area contributed by atoms with Crippen molar-refractivity contribution >= 4 is 23.4 Å². The molecule has 0 aromatic heterocycles. The van der Waals surface area contributed by atoms with Crippen LogP contribution in [0.4, 0.5) is 0 Å². The average Bonchev–Trinajstić information content (AvgIpc) is 2.65. The summed E-state index contributed by atoms with van der Waals surface area (Å²) in [6.07, 6.45) is 0. The largest absolute Gasteiger partial charge is 0.493 e. The van der Waals surface area contributed by atoms with Crippen LogP contribution in [-0.2, 0) is 4.79 Å². The van der Waals surface area contributed by atoms with Gasteiger partial charge in [0.2, 0.25) is 0 Å². The van der Waals surface area contributed by atoms with Crippen molar-refractivity contribution in [2.75, 3.05) is 20.8 Å². The summed E-state index contributed by atoms with van der Waals surface area (Å²) in [5.74, 6) is -0.436. The molecule has 0 aliphatic heterocycles. The summed E-state index contributed by atoms with van der Waals surface area (Å²) in [5, 5.41) is 0.162. The zero-order valence-electron chi connectivity index (χ0n) is 14.9. The van der Waals surface area contributed by atoms with Crippen LogP contribution in [0.1, 0.15) is 28.9 Å². The van der Waals surface area contributed by atoms with E-state index < -0.39 is 5.91 Å². The van der Waals surface area contributed by atoms with E-state index in [1.807, 2.05) is 37.3 Å². The van der Waals surface area contributed by atoms with Crippen LogP contribution in [0.25, 0.3) is 0 Å². The first-order valence-electron chi connectivity index (χ1n) is 7.96. The molecule has 0 radical (unpaired) electrons. The molecule has 0 saturated carbocycles. The minimum absolute atomic E-state index is 0.126. The highest BCUT2D eigenvalue weighted by molar-refractivity contribution is 6.32. The van der Waals surface area contributed by atoms with Crippen LogP contribution in [0.2, 0.25) is 5.02 Å². The molecule has 0 heterocycles. The smallest absolute Gasteiger partial charge is 0.255 e. The number of nitrogens with two attached hydrogens (primary N) is 1. The molecule has 0 unspecified atom stereocenters. The lowest BCUT2D eigenvalue weighted by Crippen LogP contribution is -2.29. The number of ether oxygens (including phenoxy) is 2. The van der Waals surface area contributed by atoms with E-state index in [0.717, 1.165) is 5.56 Å². The van der Waals surface area contributed by atoms with Crippen molar-refractivity contribution in [1.29, 1.82) is 0 Å². The third-order valence-electron chi connectivity index (χ3n) is 4.02. The number of carbonyl (C=O) groups excluding carboxylic acids is 2. The number of hydrogen-bond acceptors (Lipinski definition) is 4. The normalized spacial score (nSPS) is 11.5. The lowest BCUT2D eigenvalue weighted by molar-refractivity contribution is -0.119. The summed E-state index contributed by atoms with van der Waals surface area (Å²) in [6, 6.07) is 12.6. The second-order valence-electron chi connectivity index (χ2n) is 5.75. The molecule has 0 saturated heterocycles. The zero-order chi connectivity index (χ0) is 19.3. The molecule has 1 atom stereocenters. The van der Waals surface area contributed by atoms with Gasteiger partial charge in [-0.2, -0.15) is 0 Å². The lowest BCUT2D eigenvalue weighted by atomic mass is 10.1. The first-order chi connectivity index (χ1) is 12.3. The molecular weight excluding hydrogens is 356 g/mol. The molecular formula is C19H21ClN2O4. The Morgan fingerprint density at radius 2 is 1.88 bits per heavy atom. The highest BCUT2D eigenvalue weighted by Crippen LogP contribution is 2.37. The first kappa shape index (κ1) is 19.6. The Labute approximate surface area is 157 Å². The molecule has 138 valence electrons. The SMILES string of the molecule is COc1cc(C(=O)N(C)[C@H](C)c2ccccc2)cc(Cl)c1OCC(N)=O. The highest BCUT2D eigenvalue weighted by Gasteiger charge is 2.22. The molecule has 0 aliphatic carbocycles. The van der Waals surface area contributed by atoms with E-state index in [0.29, 0.717) is 5.56 Å². The van der Waals surface area contributed by atoms with E-state index in [-0.39, 0.29) is 35.1 Å². The van der Waals surface area contributed by atoms with E-state index in [2.05, 4.69) is 0 Å². The van der Waals surface area contributed by atoms with Crippen molar-refractivity contribution < 1.29 is 19.1 Å². The van der Waals surface area contributed by atoms with Gasteiger partial charge in [-0.05, 0) is 24.6 Å². The summed E-state index contributed by atoms with van der Waals surface area (Å²) in [6.45, 7) is 1.60. The number of methoxy groups -OCH3 is 1. The van der Waals surface area contributed by atoms with Gasteiger partial charge in [0, 0.05) is 12.6 Å². The van der Waals surface area contributed by atoms with Crippen molar-refractivity contribution in [1.82, 2.24) is 4.90 Å². The highest BCUT2D eigenvalue weighted by atomic mass is 35.5. The van der Waals surface area contributed by atoms with E-state index >= 15 is 0 Å². The molecule has 26 heavy (non-hydrogen) atoms. The molecule has 0 spiro atoms. The van der Waals surface area contributed by atoms with Gasteiger partial charge in [-0.3, -0.25) is 9.59 Å². The minimum atomic E-state index is -0.639. The number of halogens is 1. The first-order valence-corrected chi connectivity index (χ1v) is 8.33. The van der Waals surface area contributed by atoms with Crippen molar-refractivity contribution in [2.45, 2.75) is 13.0 Å². The van der Waals surface area contributed by atoms with Crippen molar-refractivity contribution in [3.05, 3.63) is 58.6 Å². The van der Waals surface area contributed by atoms with Crippen LogP contribution in [0.5, 0.6) is 11.5 Å². The van der Waals surface area contributed by atoms with Crippen LogP contribution in [0.3, 0.4) is 0 Å². The molecule has 0 fully saturated rings. The van der Waals surface area contributed by atoms with Gasteiger partial charge in [0.15, 0.2) is 18.1 Å². The van der Waals surface area contributed by atoms with Crippen molar-refractivity contribution in [2.24, 2.45) is 5.73 Å². The number of hydrogen-bond donors (Lipinski definition) is 1. The number of primary amides is 1. The van der Waals surface area contributed by atoms with Gasteiger partial charge in [0.25, 0.3) is 11.8 Å². The standard InChI is InChI=1S/C19H21ClN2O4/c1-12(13-7-5-4-6-8-13)22(2)19(24)14-9-15(20)18(16(10-14)25-3)26-11-17(21)23/h4-10,12H,11H2,1-3H3,(H2,21,23)/t12-/m1/s1. The fourth-order valence-electron chi connectivity index (χ4n) is 2.46. The van der Waals surface area contributed by atoms with Crippen LogP contribution in [0.15, 0.2) is 42.5 Å². The van der Waals surface area contributed by atoms with Gasteiger partial charge >= 0.3 is 0 Å². The fourth-order valence-corrected chi connectivity index (χ4v) is 2.73. The zero-order valence-corrected chi connectivity index (χ0v) is 15.6. The summed E-state index contributed by atoms with van der Waals surface area (Å²) >= 11 is 6.21.